The first kappa shape index (κ1) is 19.6. The number of nitrogens with zero attached hydrogens (tertiary/aromatic N) is 1. The molecule has 6 heteroatoms. The van der Waals surface area contributed by atoms with Gasteiger partial charge in [-0.15, -0.1) is 0 Å². The van der Waals surface area contributed by atoms with E-state index in [0.717, 1.165) is 22.4 Å². The zero-order valence-electron chi connectivity index (χ0n) is 15.5. The van der Waals surface area contributed by atoms with Crippen molar-refractivity contribution in [2.75, 3.05) is 20.2 Å². The van der Waals surface area contributed by atoms with Gasteiger partial charge in [0, 0.05) is 26.4 Å². The van der Waals surface area contributed by atoms with Crippen molar-refractivity contribution < 1.29 is 19.0 Å². The lowest BCUT2D eigenvalue weighted by Gasteiger charge is -2.24. The zero-order valence-corrected chi connectivity index (χ0v) is 16.2. The lowest BCUT2D eigenvalue weighted by molar-refractivity contribution is -0.129. The third-order valence-electron chi connectivity index (χ3n) is 4.82. The number of halogens is 2. The Balaban J connectivity index is 1.70. The minimum absolute atomic E-state index is 0.0395. The molecule has 0 aliphatic carbocycles. The van der Waals surface area contributed by atoms with E-state index in [1.807, 2.05) is 31.2 Å². The van der Waals surface area contributed by atoms with Gasteiger partial charge in [0.15, 0.2) is 0 Å². The van der Waals surface area contributed by atoms with Crippen molar-refractivity contribution in [1.29, 1.82) is 0 Å². The van der Waals surface area contributed by atoms with E-state index >= 15 is 0 Å². The van der Waals surface area contributed by atoms with E-state index in [2.05, 4.69) is 0 Å². The predicted molar refractivity (Wildman–Crippen MR) is 103 cm³/mol. The molecule has 0 saturated heterocycles. The van der Waals surface area contributed by atoms with E-state index in [1.165, 1.54) is 11.0 Å². The van der Waals surface area contributed by atoms with Crippen LogP contribution in [0.4, 0.5) is 4.39 Å². The lowest BCUT2D eigenvalue weighted by atomic mass is 9.91. The number of aliphatic hydroxyl groups is 1. The fourth-order valence-corrected chi connectivity index (χ4v) is 3.57. The maximum absolute atomic E-state index is 13.7. The number of aliphatic hydroxyl groups excluding tert-OH is 1. The molecule has 1 aliphatic rings. The highest BCUT2D eigenvalue weighted by atomic mass is 35.5. The van der Waals surface area contributed by atoms with Crippen molar-refractivity contribution in [3.63, 3.8) is 0 Å². The topological polar surface area (TPSA) is 49.8 Å². The first-order valence-corrected chi connectivity index (χ1v) is 9.27. The second-order valence-electron chi connectivity index (χ2n) is 7.31. The van der Waals surface area contributed by atoms with Crippen LogP contribution in [0.25, 0.3) is 0 Å². The Kier molecular flexibility index (Phi) is 5.72. The smallest absolute Gasteiger partial charge is 0.226 e. The van der Waals surface area contributed by atoms with Gasteiger partial charge in [-0.2, -0.15) is 0 Å². The molecule has 1 atom stereocenters. The molecule has 1 heterocycles. The Hall–Kier alpha value is -2.11. The van der Waals surface area contributed by atoms with Gasteiger partial charge in [-0.3, -0.25) is 4.79 Å². The number of hydrogen-bond donors (Lipinski definition) is 1. The molecule has 0 spiro atoms. The molecule has 0 bridgehead atoms. The van der Waals surface area contributed by atoms with E-state index in [1.54, 1.807) is 13.1 Å². The summed E-state index contributed by atoms with van der Waals surface area (Å²) in [5.41, 5.74) is 2.31. The van der Waals surface area contributed by atoms with Gasteiger partial charge in [-0.25, -0.2) is 4.39 Å². The van der Waals surface area contributed by atoms with Crippen LogP contribution in [0, 0.1) is 5.82 Å². The van der Waals surface area contributed by atoms with Gasteiger partial charge < -0.3 is 14.7 Å². The van der Waals surface area contributed by atoms with E-state index in [-0.39, 0.29) is 24.0 Å². The maximum atomic E-state index is 13.7. The second-order valence-corrected chi connectivity index (χ2v) is 7.72. The third-order valence-corrected chi connectivity index (χ3v) is 5.13. The second kappa shape index (κ2) is 7.87. The van der Waals surface area contributed by atoms with Crippen molar-refractivity contribution >= 4 is 17.5 Å². The summed E-state index contributed by atoms with van der Waals surface area (Å²) in [7, 11) is 1.68. The molecule has 144 valence electrons. The summed E-state index contributed by atoms with van der Waals surface area (Å²) in [5, 5.41) is 9.06. The SMILES string of the molecule is CN(CCO)C(=O)Cc1ccc2c(c1)CC(C)(Cc1ccc(Cl)c(F)c1)O2. The largest absolute Gasteiger partial charge is 0.487 e. The molecule has 1 unspecified atom stereocenters. The number of benzene rings is 2. The van der Waals surface area contributed by atoms with Crippen molar-refractivity contribution in [1.82, 2.24) is 4.90 Å². The quantitative estimate of drug-likeness (QED) is 0.821. The highest BCUT2D eigenvalue weighted by Crippen LogP contribution is 2.37. The Morgan fingerprint density at radius 3 is 2.74 bits per heavy atom. The van der Waals surface area contributed by atoms with Gasteiger partial charge in [0.25, 0.3) is 0 Å². The van der Waals surface area contributed by atoms with E-state index in [9.17, 15) is 9.18 Å². The minimum Gasteiger partial charge on any atom is -0.487 e. The molecule has 27 heavy (non-hydrogen) atoms. The highest BCUT2D eigenvalue weighted by Gasteiger charge is 2.35. The average molecular weight is 392 g/mol. The van der Waals surface area contributed by atoms with E-state index in [0.29, 0.717) is 19.4 Å². The first-order chi connectivity index (χ1) is 12.8. The molecule has 1 N–H and O–H groups in total. The summed E-state index contributed by atoms with van der Waals surface area (Å²) < 4.78 is 19.8. The lowest BCUT2D eigenvalue weighted by Crippen LogP contribution is -2.32. The van der Waals surface area contributed by atoms with Crippen LogP contribution in [0.1, 0.15) is 23.6 Å². The van der Waals surface area contributed by atoms with Crippen LogP contribution in [0.3, 0.4) is 0 Å². The number of amides is 1. The predicted octanol–water partition coefficient (Wildman–Crippen LogP) is 3.41. The molecule has 1 amide bonds. The van der Waals surface area contributed by atoms with E-state index in [4.69, 9.17) is 21.4 Å². The zero-order chi connectivity index (χ0) is 19.6. The number of carbonyl (C=O) groups is 1. The number of ether oxygens (including phenoxy) is 1. The van der Waals surface area contributed by atoms with Crippen LogP contribution in [0.15, 0.2) is 36.4 Å². The van der Waals surface area contributed by atoms with Gasteiger partial charge >= 0.3 is 0 Å². The maximum Gasteiger partial charge on any atom is 0.226 e. The van der Waals surface area contributed by atoms with Crippen LogP contribution in [-0.2, 0) is 24.1 Å². The van der Waals surface area contributed by atoms with Gasteiger partial charge in [-0.05, 0) is 41.8 Å². The molecule has 2 aromatic carbocycles. The van der Waals surface area contributed by atoms with Crippen LogP contribution >= 0.6 is 11.6 Å². The van der Waals surface area contributed by atoms with Crippen LogP contribution in [0.5, 0.6) is 5.75 Å². The molecule has 1 aliphatic heterocycles. The Labute approximate surface area is 163 Å². The van der Waals surface area contributed by atoms with Crippen molar-refractivity contribution in [2.24, 2.45) is 0 Å². The summed E-state index contributed by atoms with van der Waals surface area (Å²) in [6.45, 7) is 2.27. The van der Waals surface area contributed by atoms with Gasteiger partial charge in [-0.1, -0.05) is 29.8 Å². The summed E-state index contributed by atoms with van der Waals surface area (Å²) in [5.74, 6) is 0.329. The average Bonchev–Trinajstić information content (AvgIpc) is 2.93. The van der Waals surface area contributed by atoms with Gasteiger partial charge in [0.2, 0.25) is 5.91 Å². The first-order valence-electron chi connectivity index (χ1n) is 8.89. The monoisotopic (exact) mass is 391 g/mol. The van der Waals surface area contributed by atoms with E-state index < -0.39 is 11.4 Å². The van der Waals surface area contributed by atoms with Gasteiger partial charge in [0.05, 0.1) is 18.1 Å². The van der Waals surface area contributed by atoms with Crippen LogP contribution in [-0.4, -0.2) is 41.7 Å². The van der Waals surface area contributed by atoms with Crippen molar-refractivity contribution in [3.8, 4) is 5.75 Å². The summed E-state index contributed by atoms with van der Waals surface area (Å²) >= 11 is 5.75. The fraction of sp³-hybridized carbons (Fsp3) is 0.381. The van der Waals surface area contributed by atoms with Crippen LogP contribution < -0.4 is 4.74 Å². The Bertz CT molecular complexity index is 857. The Morgan fingerprint density at radius 1 is 1.30 bits per heavy atom. The molecule has 0 saturated carbocycles. The summed E-state index contributed by atoms with van der Waals surface area (Å²) in [4.78, 5) is 13.7. The van der Waals surface area contributed by atoms with Gasteiger partial charge in [0.1, 0.15) is 17.2 Å². The molecule has 2 aromatic rings. The molecule has 0 radical (unpaired) electrons. The molecular weight excluding hydrogens is 369 g/mol. The number of carbonyl (C=O) groups excluding carboxylic acids is 1. The van der Waals surface area contributed by atoms with Crippen molar-refractivity contribution in [3.05, 3.63) is 63.9 Å². The molecule has 3 rings (SSSR count). The molecule has 0 fully saturated rings. The molecular formula is C21H23ClFNO3. The summed E-state index contributed by atoms with van der Waals surface area (Å²) in [6.07, 6.45) is 1.52. The van der Waals surface area contributed by atoms with Crippen LogP contribution in [0.2, 0.25) is 5.02 Å². The highest BCUT2D eigenvalue weighted by molar-refractivity contribution is 6.30. The number of fused-ring (bicyclic) bond motifs is 1. The minimum atomic E-state index is -0.473. The standard InChI is InChI=1S/C21H23ClFNO3/c1-21(12-15-3-5-17(22)18(23)10-15)13-16-9-14(4-6-19(16)27-21)11-20(26)24(2)7-8-25/h3-6,9-10,25H,7-8,11-13H2,1-2H3. The Morgan fingerprint density at radius 2 is 2.04 bits per heavy atom. The number of hydrogen-bond acceptors (Lipinski definition) is 3. The fourth-order valence-electron chi connectivity index (χ4n) is 3.45. The number of likely N-dealkylation sites (N-methyl/N-ethyl adjacent to an activating group) is 1. The normalized spacial score (nSPS) is 18.1. The molecule has 4 nitrogen and oxygen atoms in total. The molecule has 0 aromatic heterocycles. The summed E-state index contributed by atoms with van der Waals surface area (Å²) in [6, 6.07) is 10.6. The third kappa shape index (κ3) is 4.60. The van der Waals surface area contributed by atoms with Crippen molar-refractivity contribution in [2.45, 2.75) is 31.8 Å². The number of rotatable bonds is 6.